The first-order valence-electron chi connectivity index (χ1n) is 6.32. The van der Waals surface area contributed by atoms with Gasteiger partial charge in [0.25, 0.3) is 0 Å². The molecule has 0 spiro atoms. The fourth-order valence-corrected chi connectivity index (χ4v) is 4.64. The SMILES string of the molecule is COc1ccc(P(Cl)c2ccc(OC)cc2C)c(C)c1. The molecule has 0 aliphatic rings. The Morgan fingerprint density at radius 1 is 0.800 bits per heavy atom. The third-order valence-corrected chi connectivity index (χ3v) is 6.17. The first-order valence-corrected chi connectivity index (χ1v) is 8.56. The van der Waals surface area contributed by atoms with Gasteiger partial charge in [-0.05, 0) is 72.0 Å². The molecule has 0 bridgehead atoms. The second-order valence-corrected chi connectivity index (χ2v) is 7.13. The highest BCUT2D eigenvalue weighted by Gasteiger charge is 2.16. The smallest absolute Gasteiger partial charge is 0.119 e. The Bertz CT molecular complexity index is 560. The Balaban J connectivity index is 2.38. The topological polar surface area (TPSA) is 18.5 Å². The molecule has 0 aromatic heterocycles. The number of ether oxygens (including phenoxy) is 2. The summed E-state index contributed by atoms with van der Waals surface area (Å²) in [6.07, 6.45) is 0. The van der Waals surface area contributed by atoms with Crippen LogP contribution in [0.1, 0.15) is 11.1 Å². The number of methoxy groups -OCH3 is 2. The van der Waals surface area contributed by atoms with Gasteiger partial charge < -0.3 is 9.47 Å². The van der Waals surface area contributed by atoms with E-state index in [9.17, 15) is 0 Å². The van der Waals surface area contributed by atoms with Gasteiger partial charge in [0.15, 0.2) is 0 Å². The van der Waals surface area contributed by atoms with Crippen LogP contribution in [0.15, 0.2) is 36.4 Å². The molecule has 0 fully saturated rings. The van der Waals surface area contributed by atoms with Gasteiger partial charge in [-0.25, -0.2) is 0 Å². The van der Waals surface area contributed by atoms with Gasteiger partial charge in [0.1, 0.15) is 11.5 Å². The molecule has 2 rings (SSSR count). The van der Waals surface area contributed by atoms with Crippen molar-refractivity contribution < 1.29 is 9.47 Å². The second kappa shape index (κ2) is 6.47. The summed E-state index contributed by atoms with van der Waals surface area (Å²) >= 11 is 6.72. The molecule has 0 atom stereocenters. The molecule has 2 nitrogen and oxygen atoms in total. The number of hydrogen-bond donors (Lipinski definition) is 0. The lowest BCUT2D eigenvalue weighted by Crippen LogP contribution is -2.13. The molecule has 0 aliphatic carbocycles. The van der Waals surface area contributed by atoms with Crippen molar-refractivity contribution in [3.8, 4) is 11.5 Å². The molecular formula is C16H18ClO2P. The predicted molar refractivity (Wildman–Crippen MR) is 87.5 cm³/mol. The van der Waals surface area contributed by atoms with Crippen LogP contribution in [0.3, 0.4) is 0 Å². The van der Waals surface area contributed by atoms with Gasteiger partial charge in [-0.15, -0.1) is 0 Å². The highest BCUT2D eigenvalue weighted by atomic mass is 35.7. The van der Waals surface area contributed by atoms with Crippen LogP contribution >= 0.6 is 18.5 Å². The minimum Gasteiger partial charge on any atom is -0.497 e. The van der Waals surface area contributed by atoms with Crippen LogP contribution in [0, 0.1) is 13.8 Å². The quantitative estimate of drug-likeness (QED) is 0.797. The summed E-state index contributed by atoms with van der Waals surface area (Å²) in [5.74, 6) is 1.72. The van der Waals surface area contributed by atoms with Gasteiger partial charge in [-0.1, -0.05) is 11.2 Å². The lowest BCUT2D eigenvalue weighted by molar-refractivity contribution is 0.414. The zero-order valence-corrected chi connectivity index (χ0v) is 13.8. The van der Waals surface area contributed by atoms with E-state index in [2.05, 4.69) is 26.0 Å². The van der Waals surface area contributed by atoms with Gasteiger partial charge in [0.05, 0.1) is 21.5 Å². The Kier molecular flexibility index (Phi) is 4.91. The molecule has 0 aliphatic heterocycles. The summed E-state index contributed by atoms with van der Waals surface area (Å²) in [5, 5.41) is 2.33. The summed E-state index contributed by atoms with van der Waals surface area (Å²) in [4.78, 5) is 0. The molecule has 2 aromatic carbocycles. The third kappa shape index (κ3) is 3.08. The summed E-state index contributed by atoms with van der Waals surface area (Å²) in [7, 11) is 2.46. The van der Waals surface area contributed by atoms with E-state index in [1.165, 1.54) is 0 Å². The highest BCUT2D eigenvalue weighted by Crippen LogP contribution is 2.42. The predicted octanol–water partition coefficient (Wildman–Crippen LogP) is 3.91. The lowest BCUT2D eigenvalue weighted by Gasteiger charge is -2.16. The van der Waals surface area contributed by atoms with Crippen molar-refractivity contribution in [1.82, 2.24) is 0 Å². The standard InChI is InChI=1S/C16H18ClO2P/c1-11-9-13(18-3)5-7-15(11)20(17)16-8-6-14(19-4)10-12(16)2/h5-10H,1-4H3. The van der Waals surface area contributed by atoms with E-state index in [0.29, 0.717) is 0 Å². The van der Waals surface area contributed by atoms with Crippen molar-refractivity contribution >= 4 is 29.1 Å². The van der Waals surface area contributed by atoms with Gasteiger partial charge >= 0.3 is 0 Å². The average Bonchev–Trinajstić information content (AvgIpc) is 2.46. The molecule has 0 radical (unpaired) electrons. The summed E-state index contributed by atoms with van der Waals surface area (Å²) in [6.45, 7) is 4.13. The monoisotopic (exact) mass is 308 g/mol. The van der Waals surface area contributed by atoms with E-state index >= 15 is 0 Å². The van der Waals surface area contributed by atoms with Gasteiger partial charge in [0, 0.05) is 0 Å². The number of halogens is 1. The maximum atomic E-state index is 6.72. The van der Waals surface area contributed by atoms with Crippen LogP contribution in [0.4, 0.5) is 0 Å². The molecule has 0 N–H and O–H groups in total. The van der Waals surface area contributed by atoms with E-state index in [1.54, 1.807) is 14.2 Å². The summed E-state index contributed by atoms with van der Waals surface area (Å²) in [6, 6.07) is 12.1. The van der Waals surface area contributed by atoms with E-state index in [4.69, 9.17) is 20.7 Å². The number of hydrogen-bond acceptors (Lipinski definition) is 2. The van der Waals surface area contributed by atoms with Crippen molar-refractivity contribution in [3.05, 3.63) is 47.5 Å². The Labute approximate surface area is 126 Å². The maximum absolute atomic E-state index is 6.72. The molecular weight excluding hydrogens is 291 g/mol. The molecule has 0 saturated heterocycles. The lowest BCUT2D eigenvalue weighted by atomic mass is 10.2. The molecule has 106 valence electrons. The van der Waals surface area contributed by atoms with E-state index in [0.717, 1.165) is 33.2 Å². The molecule has 4 heteroatoms. The van der Waals surface area contributed by atoms with Crippen molar-refractivity contribution in [2.75, 3.05) is 14.2 Å². The number of aryl methyl sites for hydroxylation is 2. The second-order valence-electron chi connectivity index (χ2n) is 4.59. The fraction of sp³-hybridized carbons (Fsp3) is 0.250. The van der Waals surface area contributed by atoms with Crippen molar-refractivity contribution in [3.63, 3.8) is 0 Å². The third-order valence-electron chi connectivity index (χ3n) is 3.23. The Morgan fingerprint density at radius 2 is 1.20 bits per heavy atom. The first kappa shape index (κ1) is 15.2. The van der Waals surface area contributed by atoms with E-state index in [-0.39, 0.29) is 0 Å². The van der Waals surface area contributed by atoms with Crippen LogP contribution in [-0.4, -0.2) is 14.2 Å². The van der Waals surface area contributed by atoms with E-state index < -0.39 is 7.27 Å². The van der Waals surface area contributed by atoms with Crippen LogP contribution in [0.5, 0.6) is 11.5 Å². The molecule has 0 heterocycles. The highest BCUT2D eigenvalue weighted by molar-refractivity contribution is 7.95. The van der Waals surface area contributed by atoms with Crippen LogP contribution in [0.2, 0.25) is 0 Å². The van der Waals surface area contributed by atoms with Gasteiger partial charge in [-0.3, -0.25) is 0 Å². The normalized spacial score (nSPS) is 10.7. The minimum absolute atomic E-state index is 0.859. The number of rotatable bonds is 4. The Morgan fingerprint density at radius 3 is 1.50 bits per heavy atom. The molecule has 0 unspecified atom stereocenters. The zero-order chi connectivity index (χ0) is 14.7. The maximum Gasteiger partial charge on any atom is 0.119 e. The van der Waals surface area contributed by atoms with Gasteiger partial charge in [-0.2, -0.15) is 0 Å². The minimum atomic E-state index is -0.886. The Hall–Kier alpha value is -1.24. The molecule has 20 heavy (non-hydrogen) atoms. The molecule has 2 aromatic rings. The van der Waals surface area contributed by atoms with E-state index in [1.807, 2.05) is 24.3 Å². The van der Waals surface area contributed by atoms with Crippen LogP contribution in [-0.2, 0) is 0 Å². The van der Waals surface area contributed by atoms with Crippen LogP contribution < -0.4 is 20.1 Å². The molecule has 0 saturated carbocycles. The van der Waals surface area contributed by atoms with Gasteiger partial charge in [0.2, 0.25) is 0 Å². The largest absolute Gasteiger partial charge is 0.497 e. The average molecular weight is 309 g/mol. The summed E-state index contributed by atoms with van der Waals surface area (Å²) < 4.78 is 10.5. The van der Waals surface area contributed by atoms with Crippen molar-refractivity contribution in [2.45, 2.75) is 13.8 Å². The first-order chi connectivity index (χ1) is 9.56. The number of benzene rings is 2. The van der Waals surface area contributed by atoms with Crippen molar-refractivity contribution in [2.24, 2.45) is 0 Å². The fourth-order valence-electron chi connectivity index (χ4n) is 2.08. The van der Waals surface area contributed by atoms with Crippen molar-refractivity contribution in [1.29, 1.82) is 0 Å². The zero-order valence-electron chi connectivity index (χ0n) is 12.1. The summed E-state index contributed by atoms with van der Waals surface area (Å²) in [5.41, 5.74) is 2.31. The van der Waals surface area contributed by atoms with Crippen LogP contribution in [0.25, 0.3) is 0 Å². The molecule has 0 amide bonds.